The highest BCUT2D eigenvalue weighted by Crippen LogP contribution is 2.34. The molecule has 0 saturated heterocycles. The van der Waals surface area contributed by atoms with E-state index in [-0.39, 0.29) is 6.03 Å². The zero-order chi connectivity index (χ0) is 32.6. The second-order valence-corrected chi connectivity index (χ2v) is 11.8. The molecule has 0 spiro atoms. The van der Waals surface area contributed by atoms with E-state index < -0.39 is 11.7 Å². The first-order valence-corrected chi connectivity index (χ1v) is 16.8. The number of aromatic nitrogens is 2. The van der Waals surface area contributed by atoms with Crippen molar-refractivity contribution in [2.24, 2.45) is 0 Å². The third kappa shape index (κ3) is 11.2. The van der Waals surface area contributed by atoms with Crippen molar-refractivity contribution in [2.45, 2.75) is 83.7 Å². The van der Waals surface area contributed by atoms with E-state index in [1.165, 1.54) is 62.3 Å². The van der Waals surface area contributed by atoms with Crippen LogP contribution in [0.25, 0.3) is 11.3 Å². The van der Waals surface area contributed by atoms with Crippen LogP contribution in [-0.2, 0) is 6.18 Å². The monoisotopic (exact) mass is 639 g/mol. The Labute approximate surface area is 271 Å². The van der Waals surface area contributed by atoms with Gasteiger partial charge >= 0.3 is 12.2 Å². The van der Waals surface area contributed by atoms with Crippen LogP contribution >= 0.6 is 0 Å². The van der Waals surface area contributed by atoms with Crippen LogP contribution in [0.3, 0.4) is 0 Å². The average molecular weight is 640 g/mol. The van der Waals surface area contributed by atoms with Crippen molar-refractivity contribution in [2.75, 3.05) is 53.6 Å². The van der Waals surface area contributed by atoms with E-state index >= 15 is 0 Å². The lowest BCUT2D eigenvalue weighted by Crippen LogP contribution is -2.36. The number of hydrogen-bond acceptors (Lipinski definition) is 6. The van der Waals surface area contributed by atoms with E-state index in [4.69, 9.17) is 0 Å². The molecule has 0 fully saturated rings. The van der Waals surface area contributed by atoms with E-state index in [0.29, 0.717) is 53.8 Å². The summed E-state index contributed by atoms with van der Waals surface area (Å²) in [7, 11) is 0. The Balaban J connectivity index is 1.24. The largest absolute Gasteiger partial charge is 0.416 e. The number of anilines is 4. The van der Waals surface area contributed by atoms with Gasteiger partial charge in [-0.25, -0.2) is 14.8 Å². The molecule has 8 nitrogen and oxygen atoms in total. The number of carbonyl (C=O) groups excluding carboxylic acids is 1. The minimum Gasteiger partial charge on any atom is -0.382 e. The molecule has 0 radical (unpaired) electrons. The number of nitrogens with one attached hydrogen (secondary N) is 4. The molecule has 2 aromatic heterocycles. The molecule has 2 amide bonds. The number of fused-ring (bicyclic) bond motifs is 1. The molecule has 0 aliphatic carbocycles. The van der Waals surface area contributed by atoms with Crippen molar-refractivity contribution in [1.82, 2.24) is 15.3 Å². The van der Waals surface area contributed by atoms with Gasteiger partial charge in [-0.1, -0.05) is 64.0 Å². The minimum absolute atomic E-state index is 0.327. The number of benzene rings is 1. The number of amides is 2. The lowest BCUT2D eigenvalue weighted by atomic mass is 10.1. The van der Waals surface area contributed by atoms with Crippen molar-refractivity contribution in [3.8, 4) is 11.3 Å². The number of halogens is 3. The van der Waals surface area contributed by atoms with E-state index in [1.807, 2.05) is 0 Å². The fourth-order valence-electron chi connectivity index (χ4n) is 5.47. The van der Waals surface area contributed by atoms with Crippen LogP contribution in [0.2, 0.25) is 0 Å². The number of rotatable bonds is 17. The summed E-state index contributed by atoms with van der Waals surface area (Å²) in [6, 6.07) is 11.6. The maximum Gasteiger partial charge on any atom is 0.416 e. The van der Waals surface area contributed by atoms with Crippen LogP contribution in [0.15, 0.2) is 54.7 Å². The van der Waals surface area contributed by atoms with Crippen molar-refractivity contribution in [3.05, 3.63) is 60.3 Å². The summed E-state index contributed by atoms with van der Waals surface area (Å²) < 4.78 is 40.0. The molecular weight excluding hydrogens is 591 g/mol. The van der Waals surface area contributed by atoms with Gasteiger partial charge in [-0.05, 0) is 69.1 Å². The summed E-state index contributed by atoms with van der Waals surface area (Å²) in [5, 5.41) is 13.1. The maximum atomic E-state index is 13.5. The van der Waals surface area contributed by atoms with Gasteiger partial charge in [0, 0.05) is 43.1 Å². The molecule has 46 heavy (non-hydrogen) atoms. The van der Waals surface area contributed by atoms with Gasteiger partial charge in [0.25, 0.3) is 0 Å². The van der Waals surface area contributed by atoms with Crippen molar-refractivity contribution < 1.29 is 18.0 Å². The summed E-state index contributed by atoms with van der Waals surface area (Å²) in [5.41, 5.74) is 1.18. The molecule has 0 bridgehead atoms. The molecule has 4 rings (SSSR count). The normalized spacial score (nSPS) is 13.1. The highest BCUT2D eigenvalue weighted by molar-refractivity contribution is 6.03. The van der Waals surface area contributed by atoms with E-state index in [0.717, 1.165) is 44.6 Å². The van der Waals surface area contributed by atoms with Crippen molar-refractivity contribution in [1.29, 1.82) is 0 Å². The molecule has 1 aliphatic rings. The number of carbonyl (C=O) groups is 1. The maximum absolute atomic E-state index is 13.5. The number of urea groups is 1. The second-order valence-electron chi connectivity index (χ2n) is 11.8. The van der Waals surface area contributed by atoms with Gasteiger partial charge in [-0.2, -0.15) is 13.2 Å². The molecule has 250 valence electrons. The van der Waals surface area contributed by atoms with Gasteiger partial charge in [-0.3, -0.25) is 4.90 Å². The minimum atomic E-state index is -4.46. The molecule has 0 atom stereocenters. The number of pyridine rings is 2. The Morgan fingerprint density at radius 1 is 0.913 bits per heavy atom. The van der Waals surface area contributed by atoms with Crippen LogP contribution < -0.4 is 26.2 Å². The summed E-state index contributed by atoms with van der Waals surface area (Å²) in [4.78, 5) is 24.0. The molecule has 3 aromatic rings. The van der Waals surface area contributed by atoms with Gasteiger partial charge in [0.2, 0.25) is 0 Å². The molecule has 0 unspecified atom stereocenters. The van der Waals surface area contributed by atoms with E-state index in [2.05, 4.69) is 38.2 Å². The third-order valence-electron chi connectivity index (χ3n) is 8.04. The third-order valence-corrected chi connectivity index (χ3v) is 8.04. The fourth-order valence-corrected chi connectivity index (χ4v) is 5.47. The Hall–Kier alpha value is -3.86. The lowest BCUT2D eigenvalue weighted by molar-refractivity contribution is -0.137. The lowest BCUT2D eigenvalue weighted by Gasteiger charge is -2.22. The molecule has 11 heteroatoms. The van der Waals surface area contributed by atoms with Gasteiger partial charge in [0.1, 0.15) is 5.82 Å². The van der Waals surface area contributed by atoms with Gasteiger partial charge < -0.3 is 21.3 Å². The quantitative estimate of drug-likeness (QED) is 0.110. The first kappa shape index (κ1) is 35.0. The predicted octanol–water partition coefficient (Wildman–Crippen LogP) is 8.94. The summed E-state index contributed by atoms with van der Waals surface area (Å²) in [6.45, 7) is 6.35. The average Bonchev–Trinajstić information content (AvgIpc) is 3.27. The number of unbranched alkanes of at least 4 members (excludes halogenated alkanes) is 8. The molecule has 1 aliphatic heterocycles. The SMILES string of the molecule is CCCCCNCCCCCCCCCNc1cc(NC(=O)N2CCCNc3ccc(-c4cccc(C(F)(F)F)c4)nc32)ccn1. The topological polar surface area (TPSA) is 94.2 Å². The van der Waals surface area contributed by atoms with E-state index in [9.17, 15) is 18.0 Å². The summed E-state index contributed by atoms with van der Waals surface area (Å²) in [5.74, 6) is 1.06. The second kappa shape index (κ2) is 18.3. The van der Waals surface area contributed by atoms with Gasteiger partial charge in [0.05, 0.1) is 16.9 Å². The molecule has 3 heterocycles. The van der Waals surface area contributed by atoms with Crippen LogP contribution in [0.1, 0.15) is 83.1 Å². The van der Waals surface area contributed by atoms with Gasteiger partial charge in [0.15, 0.2) is 5.82 Å². The Kier molecular flexibility index (Phi) is 13.9. The zero-order valence-corrected chi connectivity index (χ0v) is 26.9. The number of nitrogens with zero attached hydrogens (tertiary/aromatic N) is 3. The Bertz CT molecular complexity index is 1370. The van der Waals surface area contributed by atoms with Crippen LogP contribution in [-0.4, -0.2) is 48.7 Å². The summed E-state index contributed by atoms with van der Waals surface area (Å²) in [6.07, 6.45) is 10.3. The molecular formula is C35H48F3N7O. The van der Waals surface area contributed by atoms with E-state index in [1.54, 1.807) is 36.5 Å². The van der Waals surface area contributed by atoms with Crippen molar-refractivity contribution >= 4 is 29.0 Å². The summed E-state index contributed by atoms with van der Waals surface area (Å²) >= 11 is 0. The smallest absolute Gasteiger partial charge is 0.382 e. The standard InChI is InChI=1S/C35H48F3N7O/c1-2-3-9-19-39-20-10-7-5-4-6-8-11-21-41-32-26-29(18-23-42-32)43-34(46)45-24-13-22-40-31-17-16-30(44-33(31)45)27-14-12-15-28(25-27)35(36,37)38/h12,14-18,23,25-26,39-40H,2-11,13,19-22,24H2,1H3,(H2,41,42,43,46). The molecule has 1 aromatic carbocycles. The van der Waals surface area contributed by atoms with Crippen molar-refractivity contribution in [3.63, 3.8) is 0 Å². The van der Waals surface area contributed by atoms with Crippen LogP contribution in [0.5, 0.6) is 0 Å². The molecule has 4 N–H and O–H groups in total. The number of hydrogen-bond donors (Lipinski definition) is 4. The first-order valence-electron chi connectivity index (χ1n) is 16.8. The predicted molar refractivity (Wildman–Crippen MR) is 182 cm³/mol. The Morgan fingerprint density at radius 2 is 1.65 bits per heavy atom. The highest BCUT2D eigenvalue weighted by atomic mass is 19.4. The fraction of sp³-hybridized carbons (Fsp3) is 0.514. The van der Waals surface area contributed by atoms with Gasteiger partial charge in [-0.15, -0.1) is 0 Å². The van der Waals surface area contributed by atoms with Crippen LogP contribution in [0.4, 0.5) is 41.0 Å². The molecule has 0 saturated carbocycles. The highest BCUT2D eigenvalue weighted by Gasteiger charge is 2.31. The number of alkyl halides is 3. The van der Waals surface area contributed by atoms with Crippen LogP contribution in [0, 0.1) is 0 Å². The first-order chi connectivity index (χ1) is 22.3. The zero-order valence-electron chi connectivity index (χ0n) is 26.9. The Morgan fingerprint density at radius 3 is 2.41 bits per heavy atom.